The number of benzene rings is 1. The molecule has 0 fully saturated rings. The van der Waals surface area contributed by atoms with Gasteiger partial charge in [0.15, 0.2) is 12.2 Å². The molecule has 0 bridgehead atoms. The van der Waals surface area contributed by atoms with E-state index in [1.165, 1.54) is 26.0 Å². The number of carbonyl (C=O) groups excluding carboxylic acids is 2. The van der Waals surface area contributed by atoms with E-state index in [4.69, 9.17) is 20.0 Å². The summed E-state index contributed by atoms with van der Waals surface area (Å²) in [5.74, 6) is -1.22. The molecule has 122 valence electrons. The summed E-state index contributed by atoms with van der Waals surface area (Å²) in [5, 5.41) is 17.1. The zero-order valence-electron chi connectivity index (χ0n) is 13.3. The number of hydrogen-bond donors (Lipinski definition) is 0. The summed E-state index contributed by atoms with van der Waals surface area (Å²) >= 11 is 0. The molecule has 2 atom stereocenters. The fourth-order valence-corrected chi connectivity index (χ4v) is 1.57. The van der Waals surface area contributed by atoms with Crippen LogP contribution in [0.15, 0.2) is 36.4 Å². The van der Waals surface area contributed by atoms with Gasteiger partial charge < -0.3 is 9.47 Å². The van der Waals surface area contributed by atoms with Crippen LogP contribution in [0.25, 0.3) is 12.2 Å². The van der Waals surface area contributed by atoms with E-state index >= 15 is 0 Å². The highest BCUT2D eigenvalue weighted by atomic mass is 16.5. The molecule has 0 heterocycles. The normalized spacial score (nSPS) is 13.0. The van der Waals surface area contributed by atoms with E-state index in [-0.39, 0.29) is 0 Å². The van der Waals surface area contributed by atoms with Crippen molar-refractivity contribution in [2.75, 3.05) is 0 Å². The van der Waals surface area contributed by atoms with Crippen LogP contribution in [-0.4, -0.2) is 24.1 Å². The molecule has 0 radical (unpaired) electrons. The number of ether oxygens (including phenoxy) is 2. The Labute approximate surface area is 140 Å². The summed E-state index contributed by atoms with van der Waals surface area (Å²) < 4.78 is 9.58. The number of carbonyl (C=O) groups is 2. The summed E-state index contributed by atoms with van der Waals surface area (Å²) in [6.45, 7) is 2.95. The van der Waals surface area contributed by atoms with Crippen LogP contribution in [0.5, 0.6) is 0 Å². The van der Waals surface area contributed by atoms with Crippen molar-refractivity contribution in [3.05, 3.63) is 47.5 Å². The summed E-state index contributed by atoms with van der Waals surface area (Å²) in [4.78, 5) is 22.9. The molecular formula is C18H16N2O4. The van der Waals surface area contributed by atoms with Crippen LogP contribution in [0.3, 0.4) is 0 Å². The van der Waals surface area contributed by atoms with Crippen molar-refractivity contribution >= 4 is 24.1 Å². The first-order chi connectivity index (χ1) is 11.4. The minimum absolute atomic E-state index is 0.612. The minimum atomic E-state index is -0.807. The van der Waals surface area contributed by atoms with Crippen LogP contribution in [0.4, 0.5) is 0 Å². The van der Waals surface area contributed by atoms with Gasteiger partial charge >= 0.3 is 11.9 Å². The molecule has 24 heavy (non-hydrogen) atoms. The lowest BCUT2D eigenvalue weighted by molar-refractivity contribution is -0.140. The molecule has 0 spiro atoms. The van der Waals surface area contributed by atoms with E-state index in [9.17, 15) is 9.59 Å². The van der Waals surface area contributed by atoms with E-state index in [2.05, 4.69) is 0 Å². The van der Waals surface area contributed by atoms with Crippen molar-refractivity contribution in [2.24, 2.45) is 0 Å². The maximum absolute atomic E-state index is 11.5. The molecule has 2 unspecified atom stereocenters. The maximum atomic E-state index is 11.5. The van der Waals surface area contributed by atoms with Gasteiger partial charge in [-0.25, -0.2) is 9.59 Å². The SMILES string of the molecule is CC(C#N)OC(=O)C=Cc1cccc(C=CC(=O)OC(C)C#N)c1. The Morgan fingerprint density at radius 1 is 0.958 bits per heavy atom. The second-order valence-electron chi connectivity index (χ2n) is 4.75. The van der Waals surface area contributed by atoms with Crippen molar-refractivity contribution in [3.8, 4) is 12.1 Å². The van der Waals surface area contributed by atoms with Gasteiger partial charge in [-0.05, 0) is 43.2 Å². The van der Waals surface area contributed by atoms with Gasteiger partial charge in [-0.2, -0.15) is 10.5 Å². The number of esters is 2. The fraction of sp³-hybridized carbons (Fsp3) is 0.222. The van der Waals surface area contributed by atoms with E-state index in [1.807, 2.05) is 0 Å². The minimum Gasteiger partial charge on any atom is -0.444 e. The third kappa shape index (κ3) is 7.06. The highest BCUT2D eigenvalue weighted by Crippen LogP contribution is 2.09. The molecule has 1 rings (SSSR count). The zero-order chi connectivity index (χ0) is 17.9. The molecule has 0 N–H and O–H groups in total. The van der Waals surface area contributed by atoms with Crippen molar-refractivity contribution in [1.29, 1.82) is 10.5 Å². The Morgan fingerprint density at radius 2 is 1.38 bits per heavy atom. The lowest BCUT2D eigenvalue weighted by Crippen LogP contribution is -2.10. The van der Waals surface area contributed by atoms with Crippen molar-refractivity contribution < 1.29 is 19.1 Å². The zero-order valence-corrected chi connectivity index (χ0v) is 13.3. The average Bonchev–Trinajstić information content (AvgIpc) is 2.58. The fourth-order valence-electron chi connectivity index (χ4n) is 1.57. The Bertz CT molecular complexity index is 679. The molecule has 0 aliphatic rings. The van der Waals surface area contributed by atoms with E-state index in [0.717, 1.165) is 11.1 Å². The largest absolute Gasteiger partial charge is 0.444 e. The first kappa shape index (κ1) is 18.7. The van der Waals surface area contributed by atoms with Crippen LogP contribution in [0.2, 0.25) is 0 Å². The standard InChI is InChI=1S/C18H16N2O4/c1-13(11-19)23-17(21)8-6-15-4-3-5-16(10-15)7-9-18(22)24-14(2)12-20/h3-10,13-14H,1-2H3. The summed E-state index contributed by atoms with van der Waals surface area (Å²) in [6, 6.07) is 10.6. The average molecular weight is 324 g/mol. The van der Waals surface area contributed by atoms with Gasteiger partial charge in [0.25, 0.3) is 0 Å². The van der Waals surface area contributed by atoms with Gasteiger partial charge in [0.1, 0.15) is 12.1 Å². The molecule has 0 aromatic heterocycles. The third-order valence-electron chi connectivity index (χ3n) is 2.68. The summed E-state index contributed by atoms with van der Waals surface area (Å²) in [7, 11) is 0. The monoisotopic (exact) mass is 324 g/mol. The van der Waals surface area contributed by atoms with Gasteiger partial charge in [-0.1, -0.05) is 18.2 Å². The van der Waals surface area contributed by atoms with E-state index in [0.29, 0.717) is 0 Å². The Balaban J connectivity index is 2.70. The van der Waals surface area contributed by atoms with Crippen molar-refractivity contribution in [3.63, 3.8) is 0 Å². The molecule has 0 aliphatic heterocycles. The van der Waals surface area contributed by atoms with Crippen LogP contribution in [-0.2, 0) is 19.1 Å². The van der Waals surface area contributed by atoms with Crippen molar-refractivity contribution in [1.82, 2.24) is 0 Å². The molecule has 0 saturated heterocycles. The molecule has 6 nitrogen and oxygen atoms in total. The number of hydrogen-bond acceptors (Lipinski definition) is 6. The highest BCUT2D eigenvalue weighted by Gasteiger charge is 2.05. The first-order valence-corrected chi connectivity index (χ1v) is 7.11. The first-order valence-electron chi connectivity index (χ1n) is 7.11. The van der Waals surface area contributed by atoms with Gasteiger partial charge in [-0.3, -0.25) is 0 Å². The Morgan fingerprint density at radius 3 is 1.75 bits per heavy atom. The number of nitriles is 2. The molecule has 0 aliphatic carbocycles. The van der Waals surface area contributed by atoms with Gasteiger partial charge in [0.2, 0.25) is 0 Å². The van der Waals surface area contributed by atoms with Gasteiger partial charge in [0.05, 0.1) is 0 Å². The molecule has 1 aromatic rings. The number of nitrogens with zero attached hydrogens (tertiary/aromatic N) is 2. The molecular weight excluding hydrogens is 308 g/mol. The maximum Gasteiger partial charge on any atom is 0.332 e. The van der Waals surface area contributed by atoms with Crippen LogP contribution < -0.4 is 0 Å². The smallest absolute Gasteiger partial charge is 0.332 e. The van der Waals surface area contributed by atoms with Crippen LogP contribution >= 0.6 is 0 Å². The lowest BCUT2D eigenvalue weighted by atomic mass is 10.1. The van der Waals surface area contributed by atoms with E-state index in [1.54, 1.807) is 48.6 Å². The summed E-state index contributed by atoms with van der Waals surface area (Å²) in [6.07, 6.45) is 3.91. The van der Waals surface area contributed by atoms with Gasteiger partial charge in [0, 0.05) is 12.2 Å². The molecule has 0 saturated carbocycles. The lowest BCUT2D eigenvalue weighted by Gasteiger charge is -2.02. The second-order valence-corrected chi connectivity index (χ2v) is 4.75. The quantitative estimate of drug-likeness (QED) is 0.589. The highest BCUT2D eigenvalue weighted by molar-refractivity contribution is 5.88. The third-order valence-corrected chi connectivity index (χ3v) is 2.68. The van der Waals surface area contributed by atoms with Crippen molar-refractivity contribution in [2.45, 2.75) is 26.1 Å². The van der Waals surface area contributed by atoms with Crippen LogP contribution in [0, 0.1) is 22.7 Å². The van der Waals surface area contributed by atoms with E-state index < -0.39 is 24.1 Å². The topological polar surface area (TPSA) is 100 Å². The predicted molar refractivity (Wildman–Crippen MR) is 86.8 cm³/mol. The number of rotatable bonds is 6. The Kier molecular flexibility index (Phi) is 7.47. The predicted octanol–water partition coefficient (Wildman–Crippen LogP) is 2.62. The summed E-state index contributed by atoms with van der Waals surface area (Å²) in [5.41, 5.74) is 1.44. The second kappa shape index (κ2) is 9.60. The Hall–Kier alpha value is -3.38. The molecule has 6 heteroatoms. The molecule has 1 aromatic carbocycles. The van der Waals surface area contributed by atoms with Crippen LogP contribution in [0.1, 0.15) is 25.0 Å². The van der Waals surface area contributed by atoms with Gasteiger partial charge in [-0.15, -0.1) is 0 Å². The molecule has 0 amide bonds.